The number of carboxylic acid groups (broad SMARTS) is 1. The average Bonchev–Trinajstić information content (AvgIpc) is 3.03. The number of nitrogens with zero attached hydrogens (tertiary/aromatic N) is 1. The van der Waals surface area contributed by atoms with Gasteiger partial charge >= 0.3 is 11.9 Å². The number of hydrogen-bond donors (Lipinski definition) is 1. The van der Waals surface area contributed by atoms with E-state index < -0.39 is 5.97 Å². The first-order valence-electron chi connectivity index (χ1n) is 14.6. The van der Waals surface area contributed by atoms with Crippen molar-refractivity contribution in [2.45, 2.75) is 45.1 Å². The number of para-hydroxylation sites is 1. The fourth-order valence-corrected chi connectivity index (χ4v) is 4.69. The van der Waals surface area contributed by atoms with E-state index in [1.54, 1.807) is 24.3 Å². The van der Waals surface area contributed by atoms with Crippen LogP contribution in [0.3, 0.4) is 0 Å². The van der Waals surface area contributed by atoms with Gasteiger partial charge in [0.1, 0.15) is 19.1 Å². The summed E-state index contributed by atoms with van der Waals surface area (Å²) >= 11 is 0. The van der Waals surface area contributed by atoms with Crippen molar-refractivity contribution in [3.8, 4) is 5.75 Å². The van der Waals surface area contributed by atoms with Gasteiger partial charge in [0.25, 0.3) is 0 Å². The SMILES string of the molecule is O=C(O)CCCCN(CCc1ccccc1OCc1ccc(CCc2ccccc2)cc1)COC(=O)c1ccccc1. The van der Waals surface area contributed by atoms with Gasteiger partial charge in [0.15, 0.2) is 0 Å². The number of hydrogen-bond acceptors (Lipinski definition) is 5. The zero-order chi connectivity index (χ0) is 29.4. The Hall–Kier alpha value is -4.42. The second-order valence-corrected chi connectivity index (χ2v) is 10.3. The molecule has 0 fully saturated rings. The lowest BCUT2D eigenvalue weighted by molar-refractivity contribution is -0.137. The van der Waals surface area contributed by atoms with Gasteiger partial charge in [-0.25, -0.2) is 4.79 Å². The van der Waals surface area contributed by atoms with E-state index >= 15 is 0 Å². The Morgan fingerprint density at radius 1 is 0.643 bits per heavy atom. The molecule has 1 N–H and O–H groups in total. The number of benzene rings is 4. The number of aryl methyl sites for hydroxylation is 2. The molecule has 0 aliphatic rings. The molecule has 0 bridgehead atoms. The van der Waals surface area contributed by atoms with E-state index in [-0.39, 0.29) is 19.1 Å². The zero-order valence-corrected chi connectivity index (χ0v) is 24.0. The van der Waals surface area contributed by atoms with Crippen LogP contribution in [0.1, 0.15) is 51.9 Å². The predicted octanol–water partition coefficient (Wildman–Crippen LogP) is 6.96. The minimum atomic E-state index is -0.801. The zero-order valence-electron chi connectivity index (χ0n) is 24.0. The number of rotatable bonds is 17. The van der Waals surface area contributed by atoms with Gasteiger partial charge in [-0.3, -0.25) is 9.69 Å². The molecule has 0 amide bonds. The third-order valence-corrected chi connectivity index (χ3v) is 7.14. The van der Waals surface area contributed by atoms with Crippen LogP contribution in [0.15, 0.2) is 109 Å². The molecule has 0 radical (unpaired) electrons. The van der Waals surface area contributed by atoms with Crippen LogP contribution in [0.25, 0.3) is 0 Å². The van der Waals surface area contributed by atoms with E-state index in [1.807, 2.05) is 35.2 Å². The number of carboxylic acids is 1. The van der Waals surface area contributed by atoms with Crippen LogP contribution >= 0.6 is 0 Å². The molecule has 6 heteroatoms. The number of aliphatic carboxylic acids is 1. The van der Waals surface area contributed by atoms with Crippen molar-refractivity contribution >= 4 is 11.9 Å². The molecular weight excluding hydrogens is 526 g/mol. The maximum Gasteiger partial charge on any atom is 0.339 e. The Kier molecular flexibility index (Phi) is 12.2. The van der Waals surface area contributed by atoms with Gasteiger partial charge < -0.3 is 14.6 Å². The Morgan fingerprint density at radius 2 is 1.26 bits per heavy atom. The van der Waals surface area contributed by atoms with E-state index in [4.69, 9.17) is 14.6 Å². The third kappa shape index (κ3) is 10.5. The average molecular weight is 566 g/mol. The van der Waals surface area contributed by atoms with Crippen molar-refractivity contribution in [3.63, 3.8) is 0 Å². The number of carbonyl (C=O) groups excluding carboxylic acids is 1. The van der Waals surface area contributed by atoms with Crippen LogP contribution in [0.4, 0.5) is 0 Å². The minimum absolute atomic E-state index is 0.127. The molecule has 0 aromatic heterocycles. The third-order valence-electron chi connectivity index (χ3n) is 7.14. The summed E-state index contributed by atoms with van der Waals surface area (Å²) in [5.41, 5.74) is 5.34. The molecule has 42 heavy (non-hydrogen) atoms. The smallest absolute Gasteiger partial charge is 0.339 e. The molecule has 0 heterocycles. The van der Waals surface area contributed by atoms with Crippen LogP contribution in [0.5, 0.6) is 5.75 Å². The second kappa shape index (κ2) is 16.7. The molecule has 0 saturated heterocycles. The van der Waals surface area contributed by atoms with Crippen LogP contribution in [0, 0.1) is 0 Å². The molecular formula is C36H39NO5. The fraction of sp³-hybridized carbons (Fsp3) is 0.278. The molecule has 0 aliphatic carbocycles. The summed E-state index contributed by atoms with van der Waals surface area (Å²) in [5, 5.41) is 8.98. The lowest BCUT2D eigenvalue weighted by Gasteiger charge is -2.22. The largest absolute Gasteiger partial charge is 0.489 e. The van der Waals surface area contributed by atoms with Crippen molar-refractivity contribution in [1.29, 1.82) is 0 Å². The lowest BCUT2D eigenvalue weighted by atomic mass is 10.0. The van der Waals surface area contributed by atoms with Gasteiger partial charge in [-0.2, -0.15) is 0 Å². The second-order valence-electron chi connectivity index (χ2n) is 10.3. The van der Waals surface area contributed by atoms with Crippen molar-refractivity contribution in [2.24, 2.45) is 0 Å². The quantitative estimate of drug-likeness (QED) is 0.0847. The number of carbonyl (C=O) groups is 2. The first-order valence-corrected chi connectivity index (χ1v) is 14.6. The van der Waals surface area contributed by atoms with E-state index in [0.717, 1.165) is 29.7 Å². The molecule has 0 saturated carbocycles. The summed E-state index contributed by atoms with van der Waals surface area (Å²) in [7, 11) is 0. The summed E-state index contributed by atoms with van der Waals surface area (Å²) in [6.45, 7) is 1.89. The van der Waals surface area contributed by atoms with E-state index in [0.29, 0.717) is 44.5 Å². The monoisotopic (exact) mass is 565 g/mol. The number of esters is 1. The molecule has 0 atom stereocenters. The normalized spacial score (nSPS) is 10.9. The Bertz CT molecular complexity index is 1370. The first kappa shape index (κ1) is 30.5. The van der Waals surface area contributed by atoms with Gasteiger partial charge in [0.05, 0.1) is 5.56 Å². The van der Waals surface area contributed by atoms with E-state index in [1.165, 1.54) is 11.1 Å². The van der Waals surface area contributed by atoms with E-state index in [9.17, 15) is 9.59 Å². The molecule has 0 unspecified atom stereocenters. The molecule has 4 aromatic carbocycles. The molecule has 0 aliphatic heterocycles. The maximum atomic E-state index is 12.5. The highest BCUT2D eigenvalue weighted by atomic mass is 16.5. The standard InChI is InChI=1S/C36H39NO5/c38-35(39)17-9-10-25-37(28-42-36(40)33-14-5-2-6-15-33)26-24-32-13-7-8-16-34(32)41-27-31-22-20-30(21-23-31)19-18-29-11-3-1-4-12-29/h1-8,11-16,20-23H,9-10,17-19,24-28H2,(H,38,39). The predicted molar refractivity (Wildman–Crippen MR) is 165 cm³/mol. The van der Waals surface area contributed by atoms with Crippen LogP contribution < -0.4 is 4.74 Å². The van der Waals surface area contributed by atoms with Crippen molar-refractivity contribution < 1.29 is 24.2 Å². The Morgan fingerprint density at radius 3 is 1.98 bits per heavy atom. The first-order chi connectivity index (χ1) is 20.6. The summed E-state index contributed by atoms with van der Waals surface area (Å²) < 4.78 is 11.8. The van der Waals surface area contributed by atoms with E-state index in [2.05, 4.69) is 54.6 Å². The minimum Gasteiger partial charge on any atom is -0.489 e. The highest BCUT2D eigenvalue weighted by Crippen LogP contribution is 2.21. The summed E-state index contributed by atoms with van der Waals surface area (Å²) in [5.74, 6) is -0.344. The Balaban J connectivity index is 1.30. The van der Waals surface area contributed by atoms with Crippen LogP contribution in [-0.2, 0) is 35.4 Å². The molecule has 4 aromatic rings. The van der Waals surface area contributed by atoms with Gasteiger partial charge in [0, 0.05) is 19.5 Å². The van der Waals surface area contributed by atoms with Gasteiger partial charge in [-0.1, -0.05) is 91.0 Å². The van der Waals surface area contributed by atoms with Gasteiger partial charge in [0.2, 0.25) is 0 Å². The molecule has 0 spiro atoms. The van der Waals surface area contributed by atoms with Crippen LogP contribution in [-0.4, -0.2) is 41.8 Å². The number of ether oxygens (including phenoxy) is 2. The topological polar surface area (TPSA) is 76.1 Å². The summed E-state index contributed by atoms with van der Waals surface area (Å²) in [4.78, 5) is 25.5. The van der Waals surface area contributed by atoms with Crippen molar-refractivity contribution in [2.75, 3.05) is 19.8 Å². The Labute approximate surface area is 248 Å². The molecule has 6 nitrogen and oxygen atoms in total. The highest BCUT2D eigenvalue weighted by Gasteiger charge is 2.13. The maximum absolute atomic E-state index is 12.5. The summed E-state index contributed by atoms with van der Waals surface area (Å²) in [6.07, 6.45) is 4.13. The number of unbranched alkanes of at least 4 members (excludes halogenated alkanes) is 1. The summed E-state index contributed by atoms with van der Waals surface area (Å²) in [6, 6.07) is 36.0. The lowest BCUT2D eigenvalue weighted by Crippen LogP contribution is -2.31. The van der Waals surface area contributed by atoms with Gasteiger partial charge in [-0.05, 0) is 72.6 Å². The van der Waals surface area contributed by atoms with Crippen molar-refractivity contribution in [3.05, 3.63) is 137 Å². The van der Waals surface area contributed by atoms with Crippen LogP contribution in [0.2, 0.25) is 0 Å². The highest BCUT2D eigenvalue weighted by molar-refractivity contribution is 5.89. The van der Waals surface area contributed by atoms with Gasteiger partial charge in [-0.15, -0.1) is 0 Å². The molecule has 4 rings (SSSR count). The fourth-order valence-electron chi connectivity index (χ4n) is 4.69. The molecule has 218 valence electrons. The van der Waals surface area contributed by atoms with Crippen molar-refractivity contribution in [1.82, 2.24) is 4.90 Å².